The molecule has 0 amide bonds. The number of ether oxygens (including phenoxy) is 1. The predicted molar refractivity (Wildman–Crippen MR) is 94.9 cm³/mol. The monoisotopic (exact) mass is 336 g/mol. The zero-order chi connectivity index (χ0) is 17.2. The standard InChI is InChI=1S/C22H18F2O/c23-18-5-2-6-19(13-18)25-20-11-12-22(24)21(14-20)17-9-7-16(8-10-17)15-3-1-4-15/h2,5-15H,1,3-4H2. The highest BCUT2D eigenvalue weighted by atomic mass is 19.1. The van der Waals surface area contributed by atoms with E-state index in [0.29, 0.717) is 23.0 Å². The van der Waals surface area contributed by atoms with Crippen molar-refractivity contribution in [3.8, 4) is 22.6 Å². The van der Waals surface area contributed by atoms with Gasteiger partial charge in [-0.3, -0.25) is 0 Å². The van der Waals surface area contributed by atoms with E-state index in [2.05, 4.69) is 12.1 Å². The average Bonchev–Trinajstić information content (AvgIpc) is 2.56. The van der Waals surface area contributed by atoms with Crippen LogP contribution < -0.4 is 4.74 Å². The summed E-state index contributed by atoms with van der Waals surface area (Å²) in [6.07, 6.45) is 3.77. The fourth-order valence-corrected chi connectivity index (χ4v) is 3.13. The molecule has 0 bridgehead atoms. The van der Waals surface area contributed by atoms with E-state index in [4.69, 9.17) is 4.74 Å². The van der Waals surface area contributed by atoms with E-state index in [1.165, 1.54) is 43.0 Å². The van der Waals surface area contributed by atoms with Crippen molar-refractivity contribution >= 4 is 0 Å². The van der Waals surface area contributed by atoms with E-state index < -0.39 is 0 Å². The summed E-state index contributed by atoms with van der Waals surface area (Å²) in [7, 11) is 0. The van der Waals surface area contributed by atoms with Crippen LogP contribution in [0.2, 0.25) is 0 Å². The number of benzene rings is 3. The van der Waals surface area contributed by atoms with Crippen LogP contribution in [0.25, 0.3) is 11.1 Å². The fourth-order valence-electron chi connectivity index (χ4n) is 3.13. The van der Waals surface area contributed by atoms with Crippen molar-refractivity contribution in [2.24, 2.45) is 0 Å². The van der Waals surface area contributed by atoms with Crippen molar-refractivity contribution in [3.05, 3.63) is 83.9 Å². The Bertz CT molecular complexity index is 883. The Kier molecular flexibility index (Phi) is 4.22. The minimum Gasteiger partial charge on any atom is -0.457 e. The van der Waals surface area contributed by atoms with E-state index in [0.717, 1.165) is 5.56 Å². The molecule has 0 heterocycles. The Hall–Kier alpha value is -2.68. The predicted octanol–water partition coefficient (Wildman–Crippen LogP) is 6.69. The first-order chi connectivity index (χ1) is 12.2. The van der Waals surface area contributed by atoms with Crippen molar-refractivity contribution in [1.29, 1.82) is 0 Å². The lowest BCUT2D eigenvalue weighted by Gasteiger charge is -2.25. The molecule has 3 aromatic carbocycles. The van der Waals surface area contributed by atoms with Gasteiger partial charge in [-0.05, 0) is 60.2 Å². The van der Waals surface area contributed by atoms with Gasteiger partial charge < -0.3 is 4.74 Å². The van der Waals surface area contributed by atoms with Gasteiger partial charge in [0.05, 0.1) is 0 Å². The molecule has 1 fully saturated rings. The van der Waals surface area contributed by atoms with Crippen molar-refractivity contribution in [2.75, 3.05) is 0 Å². The molecular formula is C22H18F2O. The Labute approximate surface area is 145 Å². The molecule has 0 atom stereocenters. The summed E-state index contributed by atoms with van der Waals surface area (Å²) in [6.45, 7) is 0. The molecule has 0 saturated heterocycles. The van der Waals surface area contributed by atoms with Crippen LogP contribution in [0.15, 0.2) is 66.7 Å². The fraction of sp³-hybridized carbons (Fsp3) is 0.182. The Morgan fingerprint density at radius 2 is 1.56 bits per heavy atom. The largest absolute Gasteiger partial charge is 0.457 e. The third kappa shape index (κ3) is 3.41. The van der Waals surface area contributed by atoms with Crippen LogP contribution in [0.4, 0.5) is 8.78 Å². The van der Waals surface area contributed by atoms with E-state index in [1.807, 2.05) is 12.1 Å². The van der Waals surface area contributed by atoms with Crippen molar-refractivity contribution < 1.29 is 13.5 Å². The van der Waals surface area contributed by atoms with Crippen molar-refractivity contribution in [1.82, 2.24) is 0 Å². The second-order valence-corrected chi connectivity index (χ2v) is 6.45. The van der Waals surface area contributed by atoms with Gasteiger partial charge in [0.25, 0.3) is 0 Å². The molecule has 3 heteroatoms. The molecule has 0 unspecified atom stereocenters. The van der Waals surface area contributed by atoms with Gasteiger partial charge in [-0.15, -0.1) is 0 Å². The maximum absolute atomic E-state index is 14.3. The average molecular weight is 336 g/mol. The van der Waals surface area contributed by atoms with E-state index in [1.54, 1.807) is 24.3 Å². The summed E-state index contributed by atoms with van der Waals surface area (Å²) >= 11 is 0. The van der Waals surface area contributed by atoms with Gasteiger partial charge in [-0.1, -0.05) is 36.8 Å². The summed E-state index contributed by atoms with van der Waals surface area (Å²) in [5.41, 5.74) is 2.61. The second kappa shape index (κ2) is 6.67. The molecule has 0 N–H and O–H groups in total. The molecule has 0 radical (unpaired) electrons. The normalized spacial score (nSPS) is 14.2. The summed E-state index contributed by atoms with van der Waals surface area (Å²) < 4.78 is 33.2. The lowest BCUT2D eigenvalue weighted by molar-refractivity contribution is 0.420. The van der Waals surface area contributed by atoms with Gasteiger partial charge in [0, 0.05) is 11.6 Å². The van der Waals surface area contributed by atoms with Gasteiger partial charge in [-0.25, -0.2) is 8.78 Å². The minimum atomic E-state index is -0.369. The third-order valence-corrected chi connectivity index (χ3v) is 4.77. The topological polar surface area (TPSA) is 9.23 Å². The van der Waals surface area contributed by atoms with Crippen LogP contribution in [0.1, 0.15) is 30.7 Å². The van der Waals surface area contributed by atoms with E-state index >= 15 is 0 Å². The Balaban J connectivity index is 1.60. The summed E-state index contributed by atoms with van der Waals surface area (Å²) in [5, 5.41) is 0. The first-order valence-electron chi connectivity index (χ1n) is 8.52. The van der Waals surface area contributed by atoms with Crippen LogP contribution in [-0.2, 0) is 0 Å². The van der Waals surface area contributed by atoms with Crippen molar-refractivity contribution in [2.45, 2.75) is 25.2 Å². The molecule has 3 aromatic rings. The highest BCUT2D eigenvalue weighted by Gasteiger charge is 2.19. The molecular weight excluding hydrogens is 318 g/mol. The molecule has 0 aliphatic heterocycles. The molecule has 126 valence electrons. The van der Waals surface area contributed by atoms with Crippen LogP contribution in [0.3, 0.4) is 0 Å². The SMILES string of the molecule is Fc1cccc(Oc2ccc(F)c(-c3ccc(C4CCC4)cc3)c2)c1. The third-order valence-electron chi connectivity index (χ3n) is 4.77. The Morgan fingerprint density at radius 3 is 2.24 bits per heavy atom. The minimum absolute atomic E-state index is 0.303. The number of hydrogen-bond donors (Lipinski definition) is 0. The lowest BCUT2D eigenvalue weighted by Crippen LogP contribution is -2.08. The maximum atomic E-state index is 14.3. The van der Waals surface area contributed by atoms with Gasteiger partial charge in [-0.2, -0.15) is 0 Å². The zero-order valence-electron chi connectivity index (χ0n) is 13.7. The van der Waals surface area contributed by atoms with E-state index in [-0.39, 0.29) is 11.6 Å². The molecule has 0 spiro atoms. The first kappa shape index (κ1) is 15.8. The maximum Gasteiger partial charge on any atom is 0.131 e. The summed E-state index contributed by atoms with van der Waals surface area (Å²) in [4.78, 5) is 0. The highest BCUT2D eigenvalue weighted by Crippen LogP contribution is 2.37. The smallest absolute Gasteiger partial charge is 0.131 e. The number of halogens is 2. The molecule has 1 aliphatic rings. The van der Waals surface area contributed by atoms with Crippen LogP contribution in [0, 0.1) is 11.6 Å². The molecule has 1 nitrogen and oxygen atoms in total. The Morgan fingerprint density at radius 1 is 0.800 bits per heavy atom. The van der Waals surface area contributed by atoms with Gasteiger partial charge >= 0.3 is 0 Å². The number of hydrogen-bond acceptors (Lipinski definition) is 1. The van der Waals surface area contributed by atoms with Crippen molar-refractivity contribution in [3.63, 3.8) is 0 Å². The number of rotatable bonds is 4. The van der Waals surface area contributed by atoms with Crippen LogP contribution >= 0.6 is 0 Å². The molecule has 0 aromatic heterocycles. The zero-order valence-corrected chi connectivity index (χ0v) is 13.7. The summed E-state index contributed by atoms with van der Waals surface area (Å²) in [6, 6.07) is 18.6. The molecule has 1 saturated carbocycles. The van der Waals surface area contributed by atoms with Gasteiger partial charge in [0.2, 0.25) is 0 Å². The lowest BCUT2D eigenvalue weighted by atomic mass is 9.80. The van der Waals surface area contributed by atoms with Crippen LogP contribution in [0.5, 0.6) is 11.5 Å². The van der Waals surface area contributed by atoms with E-state index in [9.17, 15) is 8.78 Å². The second-order valence-electron chi connectivity index (χ2n) is 6.45. The van der Waals surface area contributed by atoms with Gasteiger partial charge in [0.15, 0.2) is 0 Å². The molecule has 1 aliphatic carbocycles. The van der Waals surface area contributed by atoms with Crippen LogP contribution in [-0.4, -0.2) is 0 Å². The highest BCUT2D eigenvalue weighted by molar-refractivity contribution is 5.66. The summed E-state index contributed by atoms with van der Waals surface area (Å²) in [5.74, 6) is 0.846. The molecule has 25 heavy (non-hydrogen) atoms. The quantitative estimate of drug-likeness (QED) is 0.515. The molecule has 4 rings (SSSR count). The van der Waals surface area contributed by atoms with Gasteiger partial charge in [0.1, 0.15) is 23.1 Å². The first-order valence-corrected chi connectivity index (χ1v) is 8.52.